The molecule has 0 bridgehead atoms. The van der Waals surface area contributed by atoms with Gasteiger partial charge in [-0.2, -0.15) is 0 Å². The molecule has 2 fully saturated rings. The molecule has 1 heterocycles. The zero-order valence-corrected chi connectivity index (χ0v) is 22.1. The van der Waals surface area contributed by atoms with Crippen molar-refractivity contribution in [2.45, 2.75) is 115 Å². The van der Waals surface area contributed by atoms with E-state index in [1.54, 1.807) is 18.1 Å². The Labute approximate surface area is 205 Å². The Morgan fingerprint density at radius 3 is 2.15 bits per heavy atom. The van der Waals surface area contributed by atoms with Crippen LogP contribution in [0.15, 0.2) is 12.1 Å². The molecule has 0 spiro atoms. The van der Waals surface area contributed by atoms with E-state index in [2.05, 4.69) is 11.7 Å². The summed E-state index contributed by atoms with van der Waals surface area (Å²) in [6, 6.07) is 7.21. The summed E-state index contributed by atoms with van der Waals surface area (Å²) in [5, 5.41) is 0. The highest BCUT2D eigenvalue weighted by molar-refractivity contribution is 6.58. The molecule has 1 aromatic carbocycles. The van der Waals surface area contributed by atoms with E-state index in [0.29, 0.717) is 12.0 Å². The summed E-state index contributed by atoms with van der Waals surface area (Å²) < 4.78 is 57.1. The number of unbranched alkanes of at least 4 members (excludes halogenated alkanes) is 3. The van der Waals surface area contributed by atoms with Crippen LogP contribution in [-0.4, -0.2) is 21.8 Å². The van der Waals surface area contributed by atoms with Crippen LogP contribution in [0.25, 0.3) is 0 Å². The molecule has 1 saturated heterocycles. The molecule has 1 aromatic rings. The SMILES string of the molecule is CCCCC[SiH]1CCC([C@H]2CC[C@H](CCCCc3cc(F)c(OCC(F)F)c(F)c3)CC2)CC1. The molecule has 0 N–H and O–H groups in total. The molecule has 0 unspecified atom stereocenters. The van der Waals surface area contributed by atoms with Crippen LogP contribution in [0, 0.1) is 29.4 Å². The normalized spacial score (nSPS) is 25.6. The highest BCUT2D eigenvalue weighted by atomic mass is 28.3. The summed E-state index contributed by atoms with van der Waals surface area (Å²) in [5.74, 6) is 0.257. The highest BCUT2D eigenvalue weighted by Gasteiger charge is 2.31. The molecular weight excluding hydrogens is 456 g/mol. The third kappa shape index (κ3) is 8.87. The maximum atomic E-state index is 14.0. The number of alkyl halides is 2. The van der Waals surface area contributed by atoms with Gasteiger partial charge in [-0.1, -0.05) is 82.8 Å². The smallest absolute Gasteiger partial charge is 0.272 e. The van der Waals surface area contributed by atoms with E-state index < -0.39 is 39.2 Å². The van der Waals surface area contributed by atoms with E-state index >= 15 is 0 Å². The predicted molar refractivity (Wildman–Crippen MR) is 135 cm³/mol. The maximum absolute atomic E-state index is 14.0. The number of benzene rings is 1. The zero-order chi connectivity index (χ0) is 24.3. The van der Waals surface area contributed by atoms with Gasteiger partial charge in [-0.05, 0) is 61.1 Å². The van der Waals surface area contributed by atoms with Gasteiger partial charge in [-0.15, -0.1) is 0 Å². The molecule has 3 rings (SSSR count). The Balaban J connectivity index is 1.30. The molecule has 1 aliphatic heterocycles. The van der Waals surface area contributed by atoms with Crippen molar-refractivity contribution in [3.05, 3.63) is 29.3 Å². The van der Waals surface area contributed by atoms with Crippen molar-refractivity contribution < 1.29 is 22.3 Å². The Bertz CT molecular complexity index is 689. The monoisotopic (exact) mass is 500 g/mol. The fourth-order valence-corrected chi connectivity index (χ4v) is 9.91. The summed E-state index contributed by atoms with van der Waals surface area (Å²) in [6.07, 6.45) is 13.8. The van der Waals surface area contributed by atoms with Crippen molar-refractivity contribution in [1.82, 2.24) is 0 Å². The lowest BCUT2D eigenvalue weighted by atomic mass is 9.73. The van der Waals surface area contributed by atoms with E-state index in [4.69, 9.17) is 0 Å². The van der Waals surface area contributed by atoms with E-state index in [0.717, 1.165) is 30.6 Å². The molecule has 0 radical (unpaired) electrons. The second kappa shape index (κ2) is 14.5. The second-order valence-corrected chi connectivity index (χ2v) is 14.4. The van der Waals surface area contributed by atoms with Crippen molar-refractivity contribution in [2.24, 2.45) is 17.8 Å². The molecule has 1 saturated carbocycles. The van der Waals surface area contributed by atoms with Crippen LogP contribution in [0.4, 0.5) is 17.6 Å². The average molecular weight is 501 g/mol. The fourth-order valence-electron chi connectivity index (χ4n) is 6.38. The molecule has 0 aromatic heterocycles. The number of aryl methyl sites for hydroxylation is 1. The van der Waals surface area contributed by atoms with Gasteiger partial charge in [0.15, 0.2) is 17.4 Å². The Morgan fingerprint density at radius 2 is 1.53 bits per heavy atom. The number of halogens is 4. The van der Waals surface area contributed by atoms with Crippen LogP contribution < -0.4 is 4.74 Å². The molecule has 1 aliphatic carbocycles. The van der Waals surface area contributed by atoms with Crippen LogP contribution in [-0.2, 0) is 6.42 Å². The summed E-state index contributed by atoms with van der Waals surface area (Å²) in [7, 11) is -0.410. The quantitative estimate of drug-likeness (QED) is 0.149. The summed E-state index contributed by atoms with van der Waals surface area (Å²) >= 11 is 0. The van der Waals surface area contributed by atoms with E-state index in [1.807, 2.05) is 0 Å². The molecule has 1 nitrogen and oxygen atoms in total. The van der Waals surface area contributed by atoms with E-state index in [1.165, 1.54) is 76.3 Å². The third-order valence-corrected chi connectivity index (χ3v) is 11.9. The largest absolute Gasteiger partial charge is 0.482 e. The van der Waals surface area contributed by atoms with Gasteiger partial charge in [0.25, 0.3) is 6.43 Å². The number of hydrogen-bond donors (Lipinski definition) is 0. The lowest BCUT2D eigenvalue weighted by molar-refractivity contribution is 0.0777. The number of rotatable bonds is 13. The summed E-state index contributed by atoms with van der Waals surface area (Å²) in [5.41, 5.74) is 0.567. The number of hydrogen-bond acceptors (Lipinski definition) is 1. The topological polar surface area (TPSA) is 9.23 Å². The standard InChI is InChI=1S/C28H44F4OSi/c1-2-3-6-15-34-16-13-24(14-17-34)23-11-9-21(10-12-23)7-4-5-8-22-18-25(29)28(26(30)19-22)33-20-27(31)32/h18-19,21,23-24,27,34H,2-17,20H2,1H3/t21-,23-,24?,34?. The fraction of sp³-hybridized carbons (Fsp3) is 0.786. The lowest BCUT2D eigenvalue weighted by Gasteiger charge is -2.37. The Hall–Kier alpha value is -1.04. The van der Waals surface area contributed by atoms with Gasteiger partial charge in [0.05, 0.1) is 0 Å². The van der Waals surface area contributed by atoms with Gasteiger partial charge in [0, 0.05) is 8.80 Å². The third-order valence-electron chi connectivity index (χ3n) is 8.40. The van der Waals surface area contributed by atoms with Gasteiger partial charge in [0.2, 0.25) is 0 Å². The first-order valence-corrected chi connectivity index (χ1v) is 16.3. The van der Waals surface area contributed by atoms with Crippen molar-refractivity contribution in [3.63, 3.8) is 0 Å². The van der Waals surface area contributed by atoms with Crippen LogP contribution in [0.2, 0.25) is 18.1 Å². The minimum atomic E-state index is -2.76. The second-order valence-electron chi connectivity index (χ2n) is 10.9. The van der Waals surface area contributed by atoms with Gasteiger partial charge in [0.1, 0.15) is 6.61 Å². The first kappa shape index (κ1) is 27.5. The average Bonchev–Trinajstić information content (AvgIpc) is 2.82. The van der Waals surface area contributed by atoms with Gasteiger partial charge in [-0.3, -0.25) is 0 Å². The van der Waals surface area contributed by atoms with Gasteiger partial charge < -0.3 is 4.74 Å². The first-order valence-electron chi connectivity index (χ1n) is 13.8. The lowest BCUT2D eigenvalue weighted by Crippen LogP contribution is -2.28. The maximum Gasteiger partial charge on any atom is 0.272 e. The van der Waals surface area contributed by atoms with Gasteiger partial charge in [-0.25, -0.2) is 17.6 Å². The predicted octanol–water partition coefficient (Wildman–Crippen LogP) is 8.96. The van der Waals surface area contributed by atoms with E-state index in [9.17, 15) is 17.6 Å². The first-order chi connectivity index (χ1) is 16.5. The molecule has 0 amide bonds. The van der Waals surface area contributed by atoms with Crippen molar-refractivity contribution in [1.29, 1.82) is 0 Å². The van der Waals surface area contributed by atoms with Crippen LogP contribution in [0.1, 0.15) is 89.5 Å². The molecule has 0 atom stereocenters. The minimum Gasteiger partial charge on any atom is -0.482 e. The Kier molecular flexibility index (Phi) is 11.7. The minimum absolute atomic E-state index is 0.410. The Morgan fingerprint density at radius 1 is 0.882 bits per heavy atom. The van der Waals surface area contributed by atoms with Crippen molar-refractivity contribution in [2.75, 3.05) is 6.61 Å². The summed E-state index contributed by atoms with van der Waals surface area (Å²) in [4.78, 5) is 0. The van der Waals surface area contributed by atoms with Crippen molar-refractivity contribution >= 4 is 8.80 Å². The van der Waals surface area contributed by atoms with Crippen molar-refractivity contribution in [3.8, 4) is 5.75 Å². The van der Waals surface area contributed by atoms with E-state index in [-0.39, 0.29) is 0 Å². The van der Waals surface area contributed by atoms with Crippen LogP contribution >= 0.6 is 0 Å². The highest BCUT2D eigenvalue weighted by Crippen LogP contribution is 2.42. The summed E-state index contributed by atoms with van der Waals surface area (Å²) in [6.45, 7) is 1.30. The number of ether oxygens (including phenoxy) is 1. The molecular formula is C28H44F4OSi. The van der Waals surface area contributed by atoms with Crippen LogP contribution in [0.3, 0.4) is 0 Å². The molecule has 194 valence electrons. The zero-order valence-electron chi connectivity index (χ0n) is 21.0. The molecule has 6 heteroatoms. The van der Waals surface area contributed by atoms with Crippen LogP contribution in [0.5, 0.6) is 5.75 Å². The van der Waals surface area contributed by atoms with Gasteiger partial charge >= 0.3 is 0 Å². The molecule has 2 aliphatic rings. The molecule has 34 heavy (non-hydrogen) atoms.